The number of carboxylic acids is 1. The maximum atomic E-state index is 12.2. The summed E-state index contributed by atoms with van der Waals surface area (Å²) in [4.78, 5) is 28.5. The van der Waals surface area contributed by atoms with Gasteiger partial charge in [-0.05, 0) is 24.1 Å². The Balaban J connectivity index is 1.94. The highest BCUT2D eigenvalue weighted by atomic mass is 16.4. The molecule has 6 nitrogen and oxygen atoms in total. The summed E-state index contributed by atoms with van der Waals surface area (Å²) in [5.41, 5.74) is 1.03. The number of nitrogens with zero attached hydrogens (tertiary/aromatic N) is 2. The van der Waals surface area contributed by atoms with E-state index in [1.165, 1.54) is 0 Å². The molecule has 1 fully saturated rings. The minimum atomic E-state index is -0.874. The van der Waals surface area contributed by atoms with E-state index in [0.29, 0.717) is 26.1 Å². The zero-order chi connectivity index (χ0) is 13.7. The molecule has 0 spiro atoms. The monoisotopic (exact) mass is 263 g/mol. The van der Waals surface area contributed by atoms with E-state index in [9.17, 15) is 9.59 Å². The predicted octanol–water partition coefficient (Wildman–Crippen LogP) is 0.247. The number of pyridine rings is 1. The van der Waals surface area contributed by atoms with Crippen molar-refractivity contribution in [3.63, 3.8) is 0 Å². The van der Waals surface area contributed by atoms with Crippen molar-refractivity contribution >= 4 is 11.9 Å². The molecule has 19 heavy (non-hydrogen) atoms. The Morgan fingerprint density at radius 3 is 2.89 bits per heavy atom. The van der Waals surface area contributed by atoms with E-state index in [4.69, 9.17) is 5.11 Å². The fourth-order valence-electron chi connectivity index (χ4n) is 2.15. The molecule has 0 bridgehead atoms. The van der Waals surface area contributed by atoms with E-state index < -0.39 is 5.97 Å². The molecule has 1 aromatic heterocycles. The molecular formula is C13H17N3O3. The van der Waals surface area contributed by atoms with Gasteiger partial charge in [0.05, 0.1) is 6.04 Å². The average Bonchev–Trinajstić information content (AvgIpc) is 2.41. The number of hydrogen-bond donors (Lipinski definition) is 2. The molecule has 1 aromatic rings. The third-order valence-electron chi connectivity index (χ3n) is 3.15. The fourth-order valence-corrected chi connectivity index (χ4v) is 2.15. The summed E-state index contributed by atoms with van der Waals surface area (Å²) < 4.78 is 0. The fraction of sp³-hybridized carbons (Fsp3) is 0.462. The molecule has 2 rings (SSSR count). The van der Waals surface area contributed by atoms with Crippen LogP contribution in [0.1, 0.15) is 18.4 Å². The van der Waals surface area contributed by atoms with Crippen molar-refractivity contribution in [2.24, 2.45) is 0 Å². The highest BCUT2D eigenvalue weighted by Crippen LogP contribution is 2.11. The van der Waals surface area contributed by atoms with Gasteiger partial charge in [-0.1, -0.05) is 0 Å². The Bertz CT molecular complexity index is 450. The number of piperazine rings is 1. The quantitative estimate of drug-likeness (QED) is 0.795. The maximum absolute atomic E-state index is 12.2. The minimum absolute atomic E-state index is 0.00645. The zero-order valence-corrected chi connectivity index (χ0v) is 10.6. The third-order valence-corrected chi connectivity index (χ3v) is 3.15. The molecule has 0 radical (unpaired) electrons. The largest absolute Gasteiger partial charge is 0.481 e. The number of carboxylic acid groups (broad SMARTS) is 1. The Morgan fingerprint density at radius 2 is 2.21 bits per heavy atom. The first kappa shape index (κ1) is 13.5. The van der Waals surface area contributed by atoms with Crippen LogP contribution in [0.5, 0.6) is 0 Å². The van der Waals surface area contributed by atoms with E-state index in [1.54, 1.807) is 17.3 Å². The Labute approximate surface area is 111 Å². The maximum Gasteiger partial charge on any atom is 0.303 e. The SMILES string of the molecule is O=C(O)CCC1NCCN(Cc2ccncc2)C1=O. The van der Waals surface area contributed by atoms with Crippen LogP contribution >= 0.6 is 0 Å². The number of aromatic nitrogens is 1. The van der Waals surface area contributed by atoms with Crippen LogP contribution in [0.3, 0.4) is 0 Å². The molecular weight excluding hydrogens is 246 g/mol. The van der Waals surface area contributed by atoms with Crippen LogP contribution in [0.2, 0.25) is 0 Å². The molecule has 1 saturated heterocycles. The Hall–Kier alpha value is -1.95. The molecule has 0 aromatic carbocycles. The first-order valence-corrected chi connectivity index (χ1v) is 6.29. The molecule has 1 unspecified atom stereocenters. The molecule has 2 N–H and O–H groups in total. The van der Waals surface area contributed by atoms with Gasteiger partial charge in [-0.3, -0.25) is 14.6 Å². The standard InChI is InChI=1S/C13H17N3O3/c17-12(18)2-1-11-13(19)16(8-7-15-11)9-10-3-5-14-6-4-10/h3-6,11,15H,1-2,7-9H2,(H,17,18). The first-order valence-electron chi connectivity index (χ1n) is 6.29. The van der Waals surface area contributed by atoms with Crippen molar-refractivity contribution in [2.75, 3.05) is 13.1 Å². The molecule has 0 aliphatic carbocycles. The summed E-state index contributed by atoms with van der Waals surface area (Å²) in [6, 6.07) is 3.37. The van der Waals surface area contributed by atoms with E-state index in [0.717, 1.165) is 5.56 Å². The molecule has 0 saturated carbocycles. The number of aliphatic carboxylic acids is 1. The van der Waals surface area contributed by atoms with Gasteiger partial charge in [0.1, 0.15) is 0 Å². The topological polar surface area (TPSA) is 82.5 Å². The van der Waals surface area contributed by atoms with E-state index in [1.807, 2.05) is 12.1 Å². The minimum Gasteiger partial charge on any atom is -0.481 e. The van der Waals surface area contributed by atoms with Crippen molar-refractivity contribution in [3.05, 3.63) is 30.1 Å². The highest BCUT2D eigenvalue weighted by molar-refractivity contribution is 5.83. The van der Waals surface area contributed by atoms with Crippen LogP contribution < -0.4 is 5.32 Å². The third kappa shape index (κ3) is 3.75. The number of nitrogens with one attached hydrogen (secondary N) is 1. The van der Waals surface area contributed by atoms with Gasteiger partial charge in [-0.2, -0.15) is 0 Å². The Kier molecular flexibility index (Phi) is 4.46. The lowest BCUT2D eigenvalue weighted by Gasteiger charge is -2.33. The molecule has 1 amide bonds. The van der Waals surface area contributed by atoms with Gasteiger partial charge in [0, 0.05) is 38.4 Å². The second kappa shape index (κ2) is 6.29. The lowest BCUT2D eigenvalue weighted by molar-refractivity contribution is -0.139. The molecule has 102 valence electrons. The van der Waals surface area contributed by atoms with Gasteiger partial charge in [-0.15, -0.1) is 0 Å². The summed E-state index contributed by atoms with van der Waals surface area (Å²) in [5.74, 6) is -0.898. The second-order valence-electron chi connectivity index (χ2n) is 4.55. The van der Waals surface area contributed by atoms with Gasteiger partial charge in [0.2, 0.25) is 5.91 Å². The average molecular weight is 263 g/mol. The zero-order valence-electron chi connectivity index (χ0n) is 10.6. The molecule has 1 aliphatic rings. The van der Waals surface area contributed by atoms with Gasteiger partial charge < -0.3 is 15.3 Å². The summed E-state index contributed by atoms with van der Waals surface area (Å²) >= 11 is 0. The van der Waals surface area contributed by atoms with Crippen LogP contribution in [-0.4, -0.2) is 46.0 Å². The van der Waals surface area contributed by atoms with Gasteiger partial charge in [0.15, 0.2) is 0 Å². The lowest BCUT2D eigenvalue weighted by atomic mass is 10.1. The van der Waals surface area contributed by atoms with Crippen LogP contribution in [-0.2, 0) is 16.1 Å². The second-order valence-corrected chi connectivity index (χ2v) is 4.55. The normalized spacial score (nSPS) is 19.5. The number of hydrogen-bond acceptors (Lipinski definition) is 4. The highest BCUT2D eigenvalue weighted by Gasteiger charge is 2.28. The lowest BCUT2D eigenvalue weighted by Crippen LogP contribution is -2.54. The van der Waals surface area contributed by atoms with Crippen molar-refractivity contribution in [2.45, 2.75) is 25.4 Å². The molecule has 1 aliphatic heterocycles. The summed E-state index contributed by atoms with van der Waals surface area (Å²) in [7, 11) is 0. The van der Waals surface area contributed by atoms with E-state index >= 15 is 0 Å². The number of rotatable bonds is 5. The first-order chi connectivity index (χ1) is 9.16. The van der Waals surface area contributed by atoms with E-state index in [-0.39, 0.29) is 18.4 Å². The van der Waals surface area contributed by atoms with Gasteiger partial charge in [-0.25, -0.2) is 0 Å². The summed E-state index contributed by atoms with van der Waals surface area (Å²) in [5, 5.41) is 11.7. The van der Waals surface area contributed by atoms with Gasteiger partial charge >= 0.3 is 5.97 Å². The van der Waals surface area contributed by atoms with E-state index in [2.05, 4.69) is 10.3 Å². The van der Waals surface area contributed by atoms with Crippen molar-refractivity contribution < 1.29 is 14.7 Å². The number of carbonyl (C=O) groups excluding carboxylic acids is 1. The van der Waals surface area contributed by atoms with Crippen molar-refractivity contribution in [1.82, 2.24) is 15.2 Å². The predicted molar refractivity (Wildman–Crippen MR) is 68.3 cm³/mol. The summed E-state index contributed by atoms with van der Waals surface area (Å²) in [6.07, 6.45) is 3.74. The molecule has 2 heterocycles. The number of amides is 1. The van der Waals surface area contributed by atoms with Crippen LogP contribution in [0, 0.1) is 0 Å². The molecule has 1 atom stereocenters. The van der Waals surface area contributed by atoms with Crippen LogP contribution in [0.25, 0.3) is 0 Å². The van der Waals surface area contributed by atoms with Crippen LogP contribution in [0.15, 0.2) is 24.5 Å². The Morgan fingerprint density at radius 1 is 1.47 bits per heavy atom. The smallest absolute Gasteiger partial charge is 0.303 e. The van der Waals surface area contributed by atoms with Crippen molar-refractivity contribution in [1.29, 1.82) is 0 Å². The van der Waals surface area contributed by atoms with Gasteiger partial charge in [0.25, 0.3) is 0 Å². The summed E-state index contributed by atoms with van der Waals surface area (Å²) in [6.45, 7) is 1.89. The molecule has 6 heteroatoms. The van der Waals surface area contributed by atoms with Crippen molar-refractivity contribution in [3.8, 4) is 0 Å². The number of carbonyl (C=O) groups is 2. The van der Waals surface area contributed by atoms with Crippen LogP contribution in [0.4, 0.5) is 0 Å².